The fraction of sp³-hybridized carbons (Fsp3) is 0.273. The second-order valence-electron chi connectivity index (χ2n) is 7.64. The fourth-order valence-electron chi connectivity index (χ4n) is 4.00. The molecular formula is C22H20ClN3O4S4. The minimum atomic E-state index is -3.85. The number of amides is 1. The first-order valence-electron chi connectivity index (χ1n) is 10.4. The number of aromatic nitrogens is 1. The van der Waals surface area contributed by atoms with Crippen molar-refractivity contribution in [1.29, 1.82) is 0 Å². The lowest BCUT2D eigenvalue weighted by Crippen LogP contribution is -2.47. The van der Waals surface area contributed by atoms with Gasteiger partial charge in [-0.3, -0.25) is 9.69 Å². The van der Waals surface area contributed by atoms with Crippen LogP contribution in [-0.2, 0) is 21.4 Å². The van der Waals surface area contributed by atoms with E-state index in [9.17, 15) is 13.2 Å². The normalized spacial score (nSPS) is 16.9. The second kappa shape index (κ2) is 9.63. The minimum absolute atomic E-state index is 0.138. The van der Waals surface area contributed by atoms with Gasteiger partial charge in [0.1, 0.15) is 16.0 Å². The second-order valence-corrected chi connectivity index (χ2v) is 13.3. The summed E-state index contributed by atoms with van der Waals surface area (Å²) in [6.45, 7) is 0.439. The molecule has 0 saturated carbocycles. The zero-order valence-corrected chi connectivity index (χ0v) is 22.0. The number of anilines is 1. The lowest BCUT2D eigenvalue weighted by atomic mass is 10.2. The van der Waals surface area contributed by atoms with Crippen molar-refractivity contribution in [1.82, 2.24) is 9.29 Å². The molecule has 178 valence electrons. The maximum Gasteiger partial charge on any atom is 0.253 e. The van der Waals surface area contributed by atoms with Crippen molar-refractivity contribution in [3.63, 3.8) is 0 Å². The number of carbonyl (C=O) groups is 1. The largest absolute Gasteiger partial charge is 0.467 e. The SMILES string of the molecule is CSc1cccc2sc(N(Cc3ccco3)C(=O)C3CCCN3S(=O)(=O)c3ccc(Cl)s3)nc12. The molecule has 1 aliphatic rings. The van der Waals surface area contributed by atoms with Crippen molar-refractivity contribution in [2.24, 2.45) is 0 Å². The molecule has 4 aromatic rings. The number of furan rings is 1. The number of hydrogen-bond donors (Lipinski definition) is 0. The van der Waals surface area contributed by atoms with Crippen LogP contribution in [0.25, 0.3) is 10.2 Å². The maximum absolute atomic E-state index is 13.9. The molecule has 0 bridgehead atoms. The summed E-state index contributed by atoms with van der Waals surface area (Å²) in [6.07, 6.45) is 4.57. The number of para-hydroxylation sites is 1. The molecule has 1 amide bonds. The molecule has 0 radical (unpaired) electrons. The Bertz CT molecular complexity index is 1430. The number of halogens is 1. The van der Waals surface area contributed by atoms with Gasteiger partial charge in [-0.15, -0.1) is 23.1 Å². The number of carbonyl (C=O) groups excluding carboxylic acids is 1. The number of fused-ring (bicyclic) bond motifs is 1. The van der Waals surface area contributed by atoms with E-state index < -0.39 is 16.1 Å². The van der Waals surface area contributed by atoms with Gasteiger partial charge in [0.25, 0.3) is 10.0 Å². The Labute approximate surface area is 214 Å². The number of rotatable bonds is 7. The number of benzene rings is 1. The average Bonchev–Trinajstić information content (AvgIpc) is 3.62. The zero-order chi connectivity index (χ0) is 23.9. The van der Waals surface area contributed by atoms with E-state index in [2.05, 4.69) is 0 Å². The minimum Gasteiger partial charge on any atom is -0.467 e. The predicted octanol–water partition coefficient (Wildman–Crippen LogP) is 5.71. The Morgan fingerprint density at radius 3 is 2.82 bits per heavy atom. The van der Waals surface area contributed by atoms with Gasteiger partial charge in [-0.25, -0.2) is 13.4 Å². The van der Waals surface area contributed by atoms with Gasteiger partial charge in [0, 0.05) is 11.4 Å². The number of thiophene rings is 1. The fourth-order valence-corrected chi connectivity index (χ4v) is 8.88. The topological polar surface area (TPSA) is 83.7 Å². The van der Waals surface area contributed by atoms with Crippen molar-refractivity contribution in [3.05, 3.63) is 58.8 Å². The first kappa shape index (κ1) is 23.8. The monoisotopic (exact) mass is 553 g/mol. The third-order valence-electron chi connectivity index (χ3n) is 5.58. The summed E-state index contributed by atoms with van der Waals surface area (Å²) in [7, 11) is -3.85. The predicted molar refractivity (Wildman–Crippen MR) is 138 cm³/mol. The van der Waals surface area contributed by atoms with Crippen LogP contribution < -0.4 is 4.90 Å². The molecule has 1 saturated heterocycles. The lowest BCUT2D eigenvalue weighted by Gasteiger charge is -2.27. The van der Waals surface area contributed by atoms with Crippen molar-refractivity contribution >= 4 is 77.3 Å². The van der Waals surface area contributed by atoms with E-state index in [4.69, 9.17) is 21.0 Å². The molecule has 1 fully saturated rings. The lowest BCUT2D eigenvalue weighted by molar-refractivity contribution is -0.121. The average molecular weight is 554 g/mol. The Kier molecular flexibility index (Phi) is 6.75. The Morgan fingerprint density at radius 2 is 2.12 bits per heavy atom. The summed E-state index contributed by atoms with van der Waals surface area (Å²) >= 11 is 9.98. The van der Waals surface area contributed by atoms with Crippen molar-refractivity contribution < 1.29 is 17.6 Å². The van der Waals surface area contributed by atoms with Crippen LogP contribution in [0.4, 0.5) is 5.13 Å². The van der Waals surface area contributed by atoms with E-state index in [1.54, 1.807) is 41.1 Å². The molecule has 34 heavy (non-hydrogen) atoms. The molecule has 4 heterocycles. The van der Waals surface area contributed by atoms with Crippen LogP contribution in [0.2, 0.25) is 4.34 Å². The molecule has 5 rings (SSSR count). The summed E-state index contributed by atoms with van der Waals surface area (Å²) in [4.78, 5) is 21.3. The van der Waals surface area contributed by atoms with E-state index in [1.807, 2.05) is 24.5 Å². The number of thioether (sulfide) groups is 1. The van der Waals surface area contributed by atoms with Crippen LogP contribution in [-0.4, -0.2) is 42.5 Å². The van der Waals surface area contributed by atoms with Crippen LogP contribution in [0, 0.1) is 0 Å². The van der Waals surface area contributed by atoms with Crippen LogP contribution in [0.15, 0.2) is 62.2 Å². The van der Waals surface area contributed by atoms with Crippen LogP contribution in [0.1, 0.15) is 18.6 Å². The Hall–Kier alpha value is -1.89. The highest BCUT2D eigenvalue weighted by Crippen LogP contribution is 2.37. The Morgan fingerprint density at radius 1 is 1.26 bits per heavy atom. The summed E-state index contributed by atoms with van der Waals surface area (Å²) in [6, 6.07) is 11.7. The Balaban J connectivity index is 1.53. The number of sulfonamides is 1. The molecule has 7 nitrogen and oxygen atoms in total. The van der Waals surface area contributed by atoms with E-state index >= 15 is 0 Å². The molecular weight excluding hydrogens is 534 g/mol. The van der Waals surface area contributed by atoms with Gasteiger partial charge in [0.15, 0.2) is 5.13 Å². The number of thiazole rings is 1. The third kappa shape index (κ3) is 4.40. The van der Waals surface area contributed by atoms with E-state index in [-0.39, 0.29) is 23.2 Å². The molecule has 1 aromatic carbocycles. The third-order valence-corrected chi connectivity index (χ3v) is 11.0. The maximum atomic E-state index is 13.9. The standard InChI is InChI=1S/C22H20ClN3O4S4/c1-31-16-7-2-8-17-20(16)24-22(32-17)25(13-14-5-4-12-30-14)21(27)15-6-3-11-26(15)34(28,29)19-10-9-18(23)33-19/h2,4-5,7-10,12,15H,3,6,11,13H2,1H3. The van der Waals surface area contributed by atoms with E-state index in [0.29, 0.717) is 28.1 Å². The summed E-state index contributed by atoms with van der Waals surface area (Å²) < 4.78 is 35.0. The molecule has 0 aliphatic carbocycles. The van der Waals surface area contributed by atoms with Gasteiger partial charge < -0.3 is 4.42 Å². The van der Waals surface area contributed by atoms with Gasteiger partial charge in [-0.1, -0.05) is 29.0 Å². The van der Waals surface area contributed by atoms with E-state index in [1.165, 1.54) is 21.7 Å². The van der Waals surface area contributed by atoms with Crippen molar-refractivity contribution in [3.8, 4) is 0 Å². The quantitative estimate of drug-likeness (QED) is 0.272. The van der Waals surface area contributed by atoms with Crippen LogP contribution in [0.3, 0.4) is 0 Å². The molecule has 3 aromatic heterocycles. The van der Waals surface area contributed by atoms with Crippen LogP contribution >= 0.6 is 46.0 Å². The smallest absolute Gasteiger partial charge is 0.253 e. The van der Waals surface area contributed by atoms with Gasteiger partial charge in [0.2, 0.25) is 5.91 Å². The first-order valence-corrected chi connectivity index (χ1v) is 15.1. The van der Waals surface area contributed by atoms with Crippen LogP contribution in [0.5, 0.6) is 0 Å². The number of hydrogen-bond acceptors (Lipinski definition) is 8. The molecule has 0 N–H and O–H groups in total. The molecule has 1 aliphatic heterocycles. The first-order chi connectivity index (χ1) is 16.4. The van der Waals surface area contributed by atoms with Gasteiger partial charge >= 0.3 is 0 Å². The van der Waals surface area contributed by atoms with Crippen molar-refractivity contribution in [2.75, 3.05) is 17.7 Å². The molecule has 0 spiro atoms. The molecule has 12 heteroatoms. The molecule has 1 atom stereocenters. The van der Waals surface area contributed by atoms with Gasteiger partial charge in [0.05, 0.1) is 27.4 Å². The summed E-state index contributed by atoms with van der Waals surface area (Å²) in [5.41, 5.74) is 0.830. The van der Waals surface area contributed by atoms with Gasteiger partial charge in [-0.2, -0.15) is 4.31 Å². The van der Waals surface area contributed by atoms with Crippen molar-refractivity contribution in [2.45, 2.75) is 34.5 Å². The summed E-state index contributed by atoms with van der Waals surface area (Å²) in [5.74, 6) is 0.278. The zero-order valence-electron chi connectivity index (χ0n) is 18.0. The van der Waals surface area contributed by atoms with E-state index in [0.717, 1.165) is 26.4 Å². The summed E-state index contributed by atoms with van der Waals surface area (Å²) in [5, 5.41) is 0.515. The number of nitrogens with zero attached hydrogens (tertiary/aromatic N) is 3. The highest BCUT2D eigenvalue weighted by molar-refractivity contribution is 7.98. The molecule has 1 unspecified atom stereocenters. The highest BCUT2D eigenvalue weighted by atomic mass is 35.5. The highest BCUT2D eigenvalue weighted by Gasteiger charge is 2.42. The van der Waals surface area contributed by atoms with Gasteiger partial charge in [-0.05, 0) is 55.5 Å².